The van der Waals surface area contributed by atoms with Gasteiger partial charge in [-0.15, -0.1) is 0 Å². The molecule has 0 radical (unpaired) electrons. The monoisotopic (exact) mass is 366 g/mol. The molecule has 3 nitrogen and oxygen atoms in total. The summed E-state index contributed by atoms with van der Waals surface area (Å²) in [7, 11) is -1.86. The highest BCUT2D eigenvalue weighted by Crippen LogP contribution is 2.39. The van der Waals surface area contributed by atoms with E-state index in [4.69, 9.17) is 9.16 Å². The van der Waals surface area contributed by atoms with Gasteiger partial charge in [0.05, 0.1) is 18.8 Å². The van der Waals surface area contributed by atoms with Crippen molar-refractivity contribution in [2.75, 3.05) is 0 Å². The fraction of sp³-hybridized carbons (Fsp3) is 0.714. The number of aliphatic hydroxyl groups is 1. The average Bonchev–Trinajstić information content (AvgIpc) is 2.56. The predicted molar refractivity (Wildman–Crippen MR) is 108 cm³/mol. The van der Waals surface area contributed by atoms with Gasteiger partial charge in [-0.2, -0.15) is 0 Å². The van der Waals surface area contributed by atoms with Gasteiger partial charge in [0, 0.05) is 12.0 Å². The molecule has 0 aromatic heterocycles. The first kappa shape index (κ1) is 22.4. The average molecular weight is 367 g/mol. The molecule has 0 heterocycles. The highest BCUT2D eigenvalue weighted by Gasteiger charge is 2.41. The molecule has 0 aliphatic rings. The van der Waals surface area contributed by atoms with E-state index < -0.39 is 14.4 Å². The SMILES string of the molecule is CC[C@H](O[Si](C)(C)C(C)(C)C)[C@@H](C)[C@@H](O)[C@H](C)OCc1ccccc1. The van der Waals surface area contributed by atoms with Gasteiger partial charge in [-0.1, -0.05) is 65.0 Å². The van der Waals surface area contributed by atoms with Gasteiger partial charge in [-0.3, -0.25) is 0 Å². The summed E-state index contributed by atoms with van der Waals surface area (Å²) in [5, 5.41) is 10.9. The van der Waals surface area contributed by atoms with Crippen LogP contribution in [0.3, 0.4) is 0 Å². The molecule has 0 amide bonds. The second kappa shape index (κ2) is 9.31. The molecule has 1 aromatic rings. The summed E-state index contributed by atoms with van der Waals surface area (Å²) in [5.41, 5.74) is 1.12. The number of aliphatic hydroxyl groups excluding tert-OH is 1. The molecular weight excluding hydrogens is 328 g/mol. The maximum atomic E-state index is 10.8. The van der Waals surface area contributed by atoms with Crippen LogP contribution in [0.15, 0.2) is 30.3 Å². The third-order valence-corrected chi connectivity index (χ3v) is 10.1. The molecule has 25 heavy (non-hydrogen) atoms. The lowest BCUT2D eigenvalue weighted by Gasteiger charge is -2.42. The van der Waals surface area contributed by atoms with E-state index in [0.717, 1.165) is 12.0 Å². The zero-order chi connectivity index (χ0) is 19.3. The molecule has 0 saturated carbocycles. The second-order valence-corrected chi connectivity index (χ2v) is 13.4. The maximum Gasteiger partial charge on any atom is 0.192 e. The zero-order valence-electron chi connectivity index (χ0n) is 17.4. The summed E-state index contributed by atoms with van der Waals surface area (Å²) in [5.74, 6) is 0.0323. The van der Waals surface area contributed by atoms with Gasteiger partial charge in [-0.25, -0.2) is 0 Å². The molecule has 0 aliphatic carbocycles. The van der Waals surface area contributed by atoms with Gasteiger partial charge >= 0.3 is 0 Å². The molecule has 0 aliphatic heterocycles. The number of hydrogen-bond acceptors (Lipinski definition) is 3. The van der Waals surface area contributed by atoms with Crippen LogP contribution in [0.1, 0.15) is 53.5 Å². The summed E-state index contributed by atoms with van der Waals surface area (Å²) in [6, 6.07) is 10.1. The fourth-order valence-electron chi connectivity index (χ4n) is 2.67. The zero-order valence-corrected chi connectivity index (χ0v) is 18.4. The van der Waals surface area contributed by atoms with Crippen molar-refractivity contribution in [2.45, 2.75) is 91.0 Å². The van der Waals surface area contributed by atoms with Crippen LogP contribution in [-0.4, -0.2) is 31.7 Å². The topological polar surface area (TPSA) is 38.7 Å². The Bertz CT molecular complexity index is 496. The van der Waals surface area contributed by atoms with Gasteiger partial charge in [0.25, 0.3) is 0 Å². The quantitative estimate of drug-likeness (QED) is 0.596. The normalized spacial score (nSPS) is 17.8. The number of hydrogen-bond donors (Lipinski definition) is 1. The van der Waals surface area contributed by atoms with Crippen molar-refractivity contribution < 1.29 is 14.3 Å². The van der Waals surface area contributed by atoms with E-state index in [2.05, 4.69) is 47.7 Å². The molecule has 0 unspecified atom stereocenters. The largest absolute Gasteiger partial charge is 0.414 e. The van der Waals surface area contributed by atoms with Crippen LogP contribution in [-0.2, 0) is 15.8 Å². The molecule has 0 spiro atoms. The minimum Gasteiger partial charge on any atom is -0.414 e. The van der Waals surface area contributed by atoms with Crippen molar-refractivity contribution in [1.82, 2.24) is 0 Å². The molecule has 1 aromatic carbocycles. The number of rotatable bonds is 9. The van der Waals surface area contributed by atoms with Crippen molar-refractivity contribution in [3.63, 3.8) is 0 Å². The lowest BCUT2D eigenvalue weighted by molar-refractivity contribution is -0.0788. The van der Waals surface area contributed by atoms with Crippen molar-refractivity contribution in [3.8, 4) is 0 Å². The van der Waals surface area contributed by atoms with E-state index in [1.165, 1.54) is 0 Å². The number of benzene rings is 1. The van der Waals surface area contributed by atoms with E-state index in [1.807, 2.05) is 37.3 Å². The third-order valence-electron chi connectivity index (χ3n) is 5.62. The Hall–Kier alpha value is -0.683. The minimum atomic E-state index is -1.86. The Balaban J connectivity index is 2.66. The summed E-state index contributed by atoms with van der Waals surface area (Å²) in [6.07, 6.45) is 0.181. The van der Waals surface area contributed by atoms with E-state index in [0.29, 0.717) is 6.61 Å². The smallest absolute Gasteiger partial charge is 0.192 e. The Morgan fingerprint density at radius 2 is 1.64 bits per heavy atom. The summed E-state index contributed by atoms with van der Waals surface area (Å²) >= 11 is 0. The van der Waals surface area contributed by atoms with Crippen LogP contribution in [0.2, 0.25) is 18.1 Å². The second-order valence-electron chi connectivity index (χ2n) is 8.68. The van der Waals surface area contributed by atoms with E-state index >= 15 is 0 Å². The summed E-state index contributed by atoms with van der Waals surface area (Å²) in [6.45, 7) is 18.0. The molecule has 0 bridgehead atoms. The maximum absolute atomic E-state index is 10.8. The Kier molecular flexibility index (Phi) is 8.33. The first-order chi connectivity index (χ1) is 11.5. The van der Waals surface area contributed by atoms with E-state index in [-0.39, 0.29) is 23.2 Å². The first-order valence-electron chi connectivity index (χ1n) is 9.51. The lowest BCUT2D eigenvalue weighted by Crippen LogP contribution is -2.48. The Morgan fingerprint density at radius 1 is 1.08 bits per heavy atom. The summed E-state index contributed by atoms with van der Waals surface area (Å²) in [4.78, 5) is 0. The Morgan fingerprint density at radius 3 is 2.12 bits per heavy atom. The van der Waals surface area contributed by atoms with Crippen molar-refractivity contribution in [2.24, 2.45) is 5.92 Å². The molecular formula is C21H38O3Si. The van der Waals surface area contributed by atoms with Gasteiger partial charge in [0.2, 0.25) is 0 Å². The van der Waals surface area contributed by atoms with Crippen LogP contribution in [0.25, 0.3) is 0 Å². The summed E-state index contributed by atoms with van der Waals surface area (Å²) < 4.78 is 12.5. The molecule has 0 saturated heterocycles. The van der Waals surface area contributed by atoms with Gasteiger partial charge < -0.3 is 14.3 Å². The van der Waals surface area contributed by atoms with Crippen LogP contribution in [0.4, 0.5) is 0 Å². The molecule has 0 fully saturated rings. The van der Waals surface area contributed by atoms with E-state index in [9.17, 15) is 5.11 Å². The van der Waals surface area contributed by atoms with Gasteiger partial charge in [0.15, 0.2) is 8.32 Å². The Labute approximate surface area is 155 Å². The van der Waals surface area contributed by atoms with Gasteiger partial charge in [-0.05, 0) is 37.0 Å². The first-order valence-corrected chi connectivity index (χ1v) is 12.4. The molecule has 1 N–H and O–H groups in total. The highest BCUT2D eigenvalue weighted by molar-refractivity contribution is 6.74. The van der Waals surface area contributed by atoms with Crippen molar-refractivity contribution >= 4 is 8.32 Å². The fourth-order valence-corrected chi connectivity index (χ4v) is 4.16. The molecule has 4 heteroatoms. The minimum absolute atomic E-state index is 0.0323. The molecule has 1 rings (SSSR count). The van der Waals surface area contributed by atoms with Crippen LogP contribution in [0.5, 0.6) is 0 Å². The van der Waals surface area contributed by atoms with Gasteiger partial charge in [0.1, 0.15) is 0 Å². The van der Waals surface area contributed by atoms with E-state index in [1.54, 1.807) is 0 Å². The van der Waals surface area contributed by atoms with Crippen molar-refractivity contribution in [1.29, 1.82) is 0 Å². The third kappa shape index (κ3) is 6.52. The standard InChI is InChI=1S/C21H38O3Si/c1-9-19(24-25(7,8)21(4,5)6)16(2)20(22)17(3)23-15-18-13-11-10-12-14-18/h10-14,16-17,19-20,22H,9,15H2,1-8H3/t16-,17+,19+,20-/m1/s1. The van der Waals surface area contributed by atoms with Crippen LogP contribution < -0.4 is 0 Å². The highest BCUT2D eigenvalue weighted by atomic mass is 28.4. The van der Waals surface area contributed by atoms with Crippen LogP contribution >= 0.6 is 0 Å². The predicted octanol–water partition coefficient (Wildman–Crippen LogP) is 5.39. The number of ether oxygens (including phenoxy) is 1. The molecule has 4 atom stereocenters. The van der Waals surface area contributed by atoms with Crippen LogP contribution in [0, 0.1) is 5.92 Å². The lowest BCUT2D eigenvalue weighted by atomic mass is 9.93. The van der Waals surface area contributed by atoms with Crippen molar-refractivity contribution in [3.05, 3.63) is 35.9 Å². The molecule has 144 valence electrons.